The van der Waals surface area contributed by atoms with Crippen molar-refractivity contribution in [1.82, 2.24) is 10.5 Å². The highest BCUT2D eigenvalue weighted by Gasteiger charge is 1.90. The summed E-state index contributed by atoms with van der Waals surface area (Å²) in [6.07, 6.45) is 4.79. The Bertz CT molecular complexity index is 260. The molecule has 12 heavy (non-hydrogen) atoms. The van der Waals surface area contributed by atoms with Crippen molar-refractivity contribution in [3.05, 3.63) is 18.3 Å². The summed E-state index contributed by atoms with van der Waals surface area (Å²) in [7, 11) is 0. The number of hydrogen-bond acceptors (Lipinski definition) is 4. The molecule has 5 heteroatoms. The SMILES string of the molecule is CSc1ccc(N=CNO)cn1. The molecule has 2 N–H and O–H groups in total. The molecule has 0 fully saturated rings. The molecule has 0 saturated carbocycles. The fourth-order valence-electron chi connectivity index (χ4n) is 0.673. The molecule has 1 heterocycles. The summed E-state index contributed by atoms with van der Waals surface area (Å²) in [4.78, 5) is 7.93. The van der Waals surface area contributed by atoms with Gasteiger partial charge >= 0.3 is 0 Å². The summed E-state index contributed by atoms with van der Waals surface area (Å²) >= 11 is 1.57. The van der Waals surface area contributed by atoms with Crippen molar-refractivity contribution in [2.75, 3.05) is 6.26 Å². The Morgan fingerprint density at radius 1 is 1.67 bits per heavy atom. The van der Waals surface area contributed by atoms with Crippen LogP contribution >= 0.6 is 11.8 Å². The number of aromatic nitrogens is 1. The molecule has 0 aliphatic rings. The van der Waals surface area contributed by atoms with E-state index in [0.717, 1.165) is 5.03 Å². The van der Waals surface area contributed by atoms with Crippen LogP contribution in [0.4, 0.5) is 5.69 Å². The molecule has 1 aromatic heterocycles. The van der Waals surface area contributed by atoms with Crippen molar-refractivity contribution in [2.45, 2.75) is 5.03 Å². The number of thioether (sulfide) groups is 1. The highest BCUT2D eigenvalue weighted by molar-refractivity contribution is 7.98. The lowest BCUT2D eigenvalue weighted by atomic mass is 10.4. The summed E-state index contributed by atoms with van der Waals surface area (Å²) in [6.45, 7) is 0. The molecule has 0 aliphatic heterocycles. The van der Waals surface area contributed by atoms with Crippen LogP contribution in [0.5, 0.6) is 0 Å². The molecule has 0 saturated heterocycles. The first-order valence-electron chi connectivity index (χ1n) is 3.29. The summed E-state index contributed by atoms with van der Waals surface area (Å²) in [6, 6.07) is 3.70. The molecule has 0 spiro atoms. The van der Waals surface area contributed by atoms with E-state index in [1.54, 1.807) is 18.0 Å². The van der Waals surface area contributed by atoms with E-state index in [1.807, 2.05) is 23.9 Å². The van der Waals surface area contributed by atoms with Gasteiger partial charge in [0.15, 0.2) is 0 Å². The third kappa shape index (κ3) is 2.52. The summed E-state index contributed by atoms with van der Waals surface area (Å²) in [5.41, 5.74) is 2.52. The lowest BCUT2D eigenvalue weighted by Gasteiger charge is -1.94. The van der Waals surface area contributed by atoms with Crippen LogP contribution in [0.2, 0.25) is 0 Å². The van der Waals surface area contributed by atoms with Crippen molar-refractivity contribution in [3.63, 3.8) is 0 Å². The van der Waals surface area contributed by atoms with Gasteiger partial charge in [-0.15, -0.1) is 11.8 Å². The minimum absolute atomic E-state index is 0.703. The molecule has 0 aromatic carbocycles. The van der Waals surface area contributed by atoms with Gasteiger partial charge < -0.3 is 0 Å². The van der Waals surface area contributed by atoms with Gasteiger partial charge in [-0.25, -0.2) is 9.98 Å². The van der Waals surface area contributed by atoms with E-state index in [1.165, 1.54) is 6.34 Å². The molecule has 0 amide bonds. The molecule has 1 rings (SSSR count). The highest BCUT2D eigenvalue weighted by atomic mass is 32.2. The van der Waals surface area contributed by atoms with Gasteiger partial charge in [0.25, 0.3) is 0 Å². The van der Waals surface area contributed by atoms with Crippen LogP contribution in [0, 0.1) is 0 Å². The first-order chi connectivity index (χ1) is 5.86. The summed E-state index contributed by atoms with van der Waals surface area (Å²) < 4.78 is 0. The van der Waals surface area contributed by atoms with Gasteiger partial charge in [-0.3, -0.25) is 10.7 Å². The number of pyridine rings is 1. The standard InChI is InChI=1S/C7H9N3OS/c1-12-7-3-2-6(4-8-7)9-5-10-11/h2-5,11H,1H3,(H,9,10). The molecule has 0 atom stereocenters. The number of hydrogen-bond donors (Lipinski definition) is 2. The Labute approximate surface area is 74.7 Å². The van der Waals surface area contributed by atoms with E-state index in [9.17, 15) is 0 Å². The van der Waals surface area contributed by atoms with Gasteiger partial charge in [0.05, 0.1) is 16.9 Å². The first kappa shape index (κ1) is 9.02. The van der Waals surface area contributed by atoms with E-state index < -0.39 is 0 Å². The van der Waals surface area contributed by atoms with Crippen molar-refractivity contribution in [1.29, 1.82) is 0 Å². The zero-order valence-electron chi connectivity index (χ0n) is 6.56. The zero-order chi connectivity index (χ0) is 8.81. The van der Waals surface area contributed by atoms with Crippen molar-refractivity contribution in [2.24, 2.45) is 4.99 Å². The molecular weight excluding hydrogens is 174 g/mol. The number of rotatable bonds is 3. The fraction of sp³-hybridized carbons (Fsp3) is 0.143. The number of nitrogens with zero attached hydrogens (tertiary/aromatic N) is 2. The predicted molar refractivity (Wildman–Crippen MR) is 49.1 cm³/mol. The van der Waals surface area contributed by atoms with E-state index in [-0.39, 0.29) is 0 Å². The van der Waals surface area contributed by atoms with Crippen molar-refractivity contribution in [3.8, 4) is 0 Å². The molecular formula is C7H9N3OS. The molecule has 0 bridgehead atoms. The molecule has 0 radical (unpaired) electrons. The minimum atomic E-state index is 0.703. The maximum Gasteiger partial charge on any atom is 0.113 e. The molecule has 4 nitrogen and oxygen atoms in total. The van der Waals surface area contributed by atoms with E-state index in [4.69, 9.17) is 5.21 Å². The second-order valence-electron chi connectivity index (χ2n) is 1.95. The topological polar surface area (TPSA) is 57.5 Å². The highest BCUT2D eigenvalue weighted by Crippen LogP contribution is 2.15. The molecule has 64 valence electrons. The predicted octanol–water partition coefficient (Wildman–Crippen LogP) is 1.44. The molecule has 1 aromatic rings. The Morgan fingerprint density at radius 2 is 2.50 bits per heavy atom. The van der Waals surface area contributed by atoms with E-state index >= 15 is 0 Å². The average molecular weight is 183 g/mol. The van der Waals surface area contributed by atoms with E-state index in [2.05, 4.69) is 9.98 Å². The Hall–Kier alpha value is -1.07. The second kappa shape index (κ2) is 4.74. The van der Waals surface area contributed by atoms with Crippen molar-refractivity contribution >= 4 is 23.8 Å². The number of hydroxylamine groups is 1. The van der Waals surface area contributed by atoms with Crippen LogP contribution in [-0.4, -0.2) is 22.8 Å². The monoisotopic (exact) mass is 183 g/mol. The van der Waals surface area contributed by atoms with Crippen LogP contribution in [0.3, 0.4) is 0 Å². The third-order valence-electron chi connectivity index (χ3n) is 1.20. The second-order valence-corrected chi connectivity index (χ2v) is 2.77. The van der Waals surface area contributed by atoms with Gasteiger partial charge in [-0.1, -0.05) is 0 Å². The Kier molecular flexibility index (Phi) is 3.56. The summed E-state index contributed by atoms with van der Waals surface area (Å²) in [5, 5.41) is 9.15. The van der Waals surface area contributed by atoms with Crippen LogP contribution in [0.1, 0.15) is 0 Å². The average Bonchev–Trinajstić information content (AvgIpc) is 2.15. The largest absolute Gasteiger partial charge is 0.290 e. The Morgan fingerprint density at radius 3 is 3.00 bits per heavy atom. The van der Waals surface area contributed by atoms with Crippen LogP contribution in [0.15, 0.2) is 28.3 Å². The lowest BCUT2D eigenvalue weighted by Crippen LogP contribution is -2.00. The van der Waals surface area contributed by atoms with Crippen molar-refractivity contribution < 1.29 is 5.21 Å². The van der Waals surface area contributed by atoms with Gasteiger partial charge in [-0.2, -0.15) is 0 Å². The lowest BCUT2D eigenvalue weighted by molar-refractivity contribution is 0.240. The molecule has 0 unspecified atom stereocenters. The van der Waals surface area contributed by atoms with E-state index in [0.29, 0.717) is 5.69 Å². The first-order valence-corrected chi connectivity index (χ1v) is 4.51. The third-order valence-corrected chi connectivity index (χ3v) is 1.86. The van der Waals surface area contributed by atoms with Crippen LogP contribution in [0.25, 0.3) is 0 Å². The van der Waals surface area contributed by atoms with Gasteiger partial charge in [0, 0.05) is 0 Å². The summed E-state index contributed by atoms with van der Waals surface area (Å²) in [5.74, 6) is 0. The Balaban J connectivity index is 2.71. The smallest absolute Gasteiger partial charge is 0.113 e. The van der Waals surface area contributed by atoms with Crippen LogP contribution < -0.4 is 5.48 Å². The number of nitrogens with one attached hydrogen (secondary N) is 1. The maximum absolute atomic E-state index is 8.20. The fourth-order valence-corrected chi connectivity index (χ4v) is 1.04. The van der Waals surface area contributed by atoms with Gasteiger partial charge in [0.1, 0.15) is 6.34 Å². The van der Waals surface area contributed by atoms with Gasteiger partial charge in [0.2, 0.25) is 0 Å². The van der Waals surface area contributed by atoms with Gasteiger partial charge in [-0.05, 0) is 18.4 Å². The minimum Gasteiger partial charge on any atom is -0.290 e. The zero-order valence-corrected chi connectivity index (χ0v) is 7.38. The molecule has 0 aliphatic carbocycles. The maximum atomic E-state index is 8.20. The quantitative estimate of drug-likeness (QED) is 0.322. The normalized spacial score (nSPS) is 10.5. The van der Waals surface area contributed by atoms with Crippen LogP contribution in [-0.2, 0) is 0 Å². The number of aliphatic imine (C=N–C) groups is 1.